The van der Waals surface area contributed by atoms with Crippen molar-refractivity contribution in [2.75, 3.05) is 14.2 Å². The highest BCUT2D eigenvalue weighted by atomic mass is 35.5. The molecule has 0 fully saturated rings. The predicted octanol–water partition coefficient (Wildman–Crippen LogP) is 4.05. The zero-order chi connectivity index (χ0) is 11.3. The molecule has 3 nitrogen and oxygen atoms in total. The van der Waals surface area contributed by atoms with E-state index in [4.69, 9.17) is 20.6 Å². The average molecular weight is 251 g/mol. The largest absolute Gasteiger partial charge is 0.355 e. The monoisotopic (exact) mass is 250 g/mol. The van der Waals surface area contributed by atoms with E-state index in [2.05, 4.69) is 6.08 Å². The minimum Gasteiger partial charge on any atom is -0.309 e. The first-order valence-corrected chi connectivity index (χ1v) is 6.89. The quantitative estimate of drug-likeness (QED) is 0.706. The molecule has 86 valence electrons. The second kappa shape index (κ2) is 5.86. The molecule has 0 aromatic carbocycles. The minimum absolute atomic E-state index is 0.488. The molecule has 0 saturated heterocycles. The van der Waals surface area contributed by atoms with Gasteiger partial charge in [-0.05, 0) is 31.3 Å². The van der Waals surface area contributed by atoms with Crippen LogP contribution in [0.3, 0.4) is 0 Å². The molecule has 1 rings (SSSR count). The topological polar surface area (TPSA) is 35.5 Å². The van der Waals surface area contributed by atoms with Crippen LogP contribution in [0.4, 0.5) is 0 Å². The van der Waals surface area contributed by atoms with Crippen molar-refractivity contribution >= 4 is 19.2 Å². The van der Waals surface area contributed by atoms with E-state index < -0.39 is 7.60 Å². The zero-order valence-corrected chi connectivity index (χ0v) is 10.7. The van der Waals surface area contributed by atoms with Gasteiger partial charge in [-0.2, -0.15) is 0 Å². The molecule has 0 amide bonds. The first-order valence-electron chi connectivity index (χ1n) is 4.90. The smallest absolute Gasteiger partial charge is 0.309 e. The maximum Gasteiger partial charge on any atom is 0.355 e. The van der Waals surface area contributed by atoms with Crippen molar-refractivity contribution in [3.63, 3.8) is 0 Å². The molecule has 0 aliphatic heterocycles. The third-order valence-electron chi connectivity index (χ3n) is 2.38. The second-order valence-electron chi connectivity index (χ2n) is 3.36. The van der Waals surface area contributed by atoms with Crippen molar-refractivity contribution in [3.8, 4) is 0 Å². The minimum atomic E-state index is -3.14. The highest BCUT2D eigenvalue weighted by Gasteiger charge is 2.19. The lowest BCUT2D eigenvalue weighted by molar-refractivity contribution is 0.286. The van der Waals surface area contributed by atoms with Crippen LogP contribution in [0.15, 0.2) is 22.5 Å². The molecule has 0 N–H and O–H groups in total. The number of rotatable bonds is 4. The van der Waals surface area contributed by atoms with Crippen LogP contribution in [0, 0.1) is 0 Å². The van der Waals surface area contributed by atoms with Crippen LogP contribution in [-0.2, 0) is 13.6 Å². The lowest BCUT2D eigenvalue weighted by Crippen LogP contribution is -1.93. The van der Waals surface area contributed by atoms with E-state index in [9.17, 15) is 4.57 Å². The van der Waals surface area contributed by atoms with Crippen molar-refractivity contribution in [1.29, 1.82) is 0 Å². The molecule has 15 heavy (non-hydrogen) atoms. The van der Waals surface area contributed by atoms with Crippen LogP contribution >= 0.6 is 19.2 Å². The molecule has 0 atom stereocenters. The van der Waals surface area contributed by atoms with Gasteiger partial charge in [-0.3, -0.25) is 4.57 Å². The molecule has 0 spiro atoms. The molecular weight excluding hydrogens is 235 g/mol. The van der Waals surface area contributed by atoms with Gasteiger partial charge in [-0.15, -0.1) is 0 Å². The molecular formula is C10H16ClO3P. The van der Waals surface area contributed by atoms with Crippen LogP contribution in [-0.4, -0.2) is 14.2 Å². The third kappa shape index (κ3) is 3.76. The summed E-state index contributed by atoms with van der Waals surface area (Å²) in [6, 6.07) is 0. The Morgan fingerprint density at radius 3 is 2.60 bits per heavy atom. The van der Waals surface area contributed by atoms with Gasteiger partial charge in [-0.25, -0.2) is 0 Å². The van der Waals surface area contributed by atoms with E-state index >= 15 is 0 Å². The fourth-order valence-corrected chi connectivity index (χ4v) is 2.79. The SMILES string of the molecule is COP(=O)(/C=C(\Cl)C1=CCCCC1)OC. The van der Waals surface area contributed by atoms with Crippen LogP contribution < -0.4 is 0 Å². The molecule has 0 unspecified atom stereocenters. The molecule has 0 saturated carbocycles. The second-order valence-corrected chi connectivity index (χ2v) is 5.83. The summed E-state index contributed by atoms with van der Waals surface area (Å²) in [7, 11) is -0.444. The number of hydrogen-bond acceptors (Lipinski definition) is 3. The predicted molar refractivity (Wildman–Crippen MR) is 62.1 cm³/mol. The summed E-state index contributed by atoms with van der Waals surface area (Å²) in [4.78, 5) is 0. The van der Waals surface area contributed by atoms with E-state index in [0.29, 0.717) is 5.03 Å². The molecule has 0 bridgehead atoms. The molecule has 1 aliphatic rings. The van der Waals surface area contributed by atoms with Gasteiger partial charge in [0.1, 0.15) is 0 Å². The average Bonchev–Trinajstić information content (AvgIpc) is 2.30. The maximum absolute atomic E-state index is 11.8. The number of hydrogen-bond donors (Lipinski definition) is 0. The van der Waals surface area contributed by atoms with Crippen molar-refractivity contribution in [2.45, 2.75) is 25.7 Å². The lowest BCUT2D eigenvalue weighted by Gasteiger charge is -2.14. The van der Waals surface area contributed by atoms with Gasteiger partial charge in [0.2, 0.25) is 0 Å². The van der Waals surface area contributed by atoms with E-state index in [1.807, 2.05) is 0 Å². The van der Waals surface area contributed by atoms with Crippen molar-refractivity contribution in [3.05, 3.63) is 22.5 Å². The van der Waals surface area contributed by atoms with Gasteiger partial charge >= 0.3 is 7.60 Å². The van der Waals surface area contributed by atoms with E-state index in [0.717, 1.165) is 24.8 Å². The molecule has 0 radical (unpaired) electrons. The zero-order valence-electron chi connectivity index (χ0n) is 9.03. The van der Waals surface area contributed by atoms with Gasteiger partial charge in [0, 0.05) is 20.0 Å². The van der Waals surface area contributed by atoms with Gasteiger partial charge in [-0.1, -0.05) is 17.7 Å². The summed E-state index contributed by atoms with van der Waals surface area (Å²) >= 11 is 6.06. The van der Waals surface area contributed by atoms with Gasteiger partial charge < -0.3 is 9.05 Å². The van der Waals surface area contributed by atoms with Gasteiger partial charge in [0.05, 0.1) is 5.03 Å². The highest BCUT2D eigenvalue weighted by Crippen LogP contribution is 2.50. The fourth-order valence-electron chi connectivity index (χ4n) is 1.46. The molecule has 0 aromatic heterocycles. The molecule has 0 aromatic rings. The summed E-state index contributed by atoms with van der Waals surface area (Å²) in [5, 5.41) is 0.488. The Kier molecular flexibility index (Phi) is 5.07. The van der Waals surface area contributed by atoms with Gasteiger partial charge in [0.25, 0.3) is 0 Å². The Balaban J connectivity index is 2.82. The first-order chi connectivity index (χ1) is 7.11. The summed E-state index contributed by atoms with van der Waals surface area (Å²) in [5.74, 6) is 1.38. The summed E-state index contributed by atoms with van der Waals surface area (Å²) in [6.45, 7) is 0. The fraction of sp³-hybridized carbons (Fsp3) is 0.600. The summed E-state index contributed by atoms with van der Waals surface area (Å²) in [5.41, 5.74) is 1.04. The summed E-state index contributed by atoms with van der Waals surface area (Å²) < 4.78 is 21.4. The first kappa shape index (κ1) is 13.0. The Morgan fingerprint density at radius 1 is 1.47 bits per heavy atom. The van der Waals surface area contributed by atoms with E-state index in [1.54, 1.807) is 0 Å². The van der Waals surface area contributed by atoms with Crippen LogP contribution in [0.1, 0.15) is 25.7 Å². The Morgan fingerprint density at radius 2 is 2.13 bits per heavy atom. The Hall–Kier alpha value is -0.0800. The third-order valence-corrected chi connectivity index (χ3v) is 4.47. The summed E-state index contributed by atoms with van der Waals surface area (Å²) in [6.07, 6.45) is 6.37. The molecule has 5 heteroatoms. The number of halogens is 1. The maximum atomic E-state index is 11.8. The van der Waals surface area contributed by atoms with Crippen LogP contribution in [0.2, 0.25) is 0 Å². The molecule has 1 aliphatic carbocycles. The van der Waals surface area contributed by atoms with Crippen LogP contribution in [0.5, 0.6) is 0 Å². The van der Waals surface area contributed by atoms with E-state index in [-0.39, 0.29) is 0 Å². The highest BCUT2D eigenvalue weighted by molar-refractivity contribution is 7.57. The Labute approximate surface area is 95.6 Å². The van der Waals surface area contributed by atoms with E-state index in [1.165, 1.54) is 26.5 Å². The molecule has 0 heterocycles. The van der Waals surface area contributed by atoms with Crippen molar-refractivity contribution in [2.24, 2.45) is 0 Å². The lowest BCUT2D eigenvalue weighted by atomic mass is 10.00. The van der Waals surface area contributed by atoms with Crippen molar-refractivity contribution < 1.29 is 13.6 Å². The number of allylic oxidation sites excluding steroid dienone is 3. The Bertz CT molecular complexity index is 315. The van der Waals surface area contributed by atoms with Gasteiger partial charge in [0.15, 0.2) is 0 Å². The normalized spacial score (nSPS) is 18.9. The van der Waals surface area contributed by atoms with Crippen LogP contribution in [0.25, 0.3) is 0 Å². The standard InChI is InChI=1S/C10H16ClO3P/c1-13-15(12,14-2)8-10(11)9-6-4-3-5-7-9/h6,8H,3-5,7H2,1-2H3/b10-8-. The van der Waals surface area contributed by atoms with Crippen molar-refractivity contribution in [1.82, 2.24) is 0 Å².